The molecule has 1 saturated carbocycles. The van der Waals surface area contributed by atoms with Gasteiger partial charge in [-0.25, -0.2) is 0 Å². The molecule has 1 aliphatic heterocycles. The summed E-state index contributed by atoms with van der Waals surface area (Å²) in [5.41, 5.74) is 0.284. The van der Waals surface area contributed by atoms with Gasteiger partial charge < -0.3 is 4.74 Å². The van der Waals surface area contributed by atoms with Gasteiger partial charge in [-0.05, 0) is 32.1 Å². The zero-order valence-electron chi connectivity index (χ0n) is 6.18. The molecule has 2 atom stereocenters. The summed E-state index contributed by atoms with van der Waals surface area (Å²) in [6, 6.07) is 0. The van der Waals surface area contributed by atoms with Crippen molar-refractivity contribution < 1.29 is 4.74 Å². The molecule has 2 aliphatic rings. The van der Waals surface area contributed by atoms with Crippen molar-refractivity contribution in [3.8, 4) is 0 Å². The van der Waals surface area contributed by atoms with Crippen LogP contribution < -0.4 is 0 Å². The van der Waals surface area contributed by atoms with E-state index in [0.717, 1.165) is 6.61 Å². The molecule has 2 fully saturated rings. The van der Waals surface area contributed by atoms with Crippen LogP contribution in [0.1, 0.15) is 32.1 Å². The quantitative estimate of drug-likeness (QED) is 0.531. The van der Waals surface area contributed by atoms with Crippen LogP contribution in [-0.2, 0) is 4.74 Å². The lowest BCUT2D eigenvalue weighted by Crippen LogP contribution is -2.23. The van der Waals surface area contributed by atoms with Gasteiger partial charge in [0.2, 0.25) is 0 Å². The van der Waals surface area contributed by atoms with E-state index in [1.54, 1.807) is 0 Å². The molecule has 0 aromatic carbocycles. The molecule has 10 heavy (non-hydrogen) atoms. The first-order valence-electron chi connectivity index (χ1n) is 4.13. The highest BCUT2D eigenvalue weighted by molar-refractivity contribution is 7.81. The molecule has 0 aromatic heterocycles. The molecule has 1 saturated heterocycles. The third-order valence-electron chi connectivity index (χ3n) is 2.73. The maximum absolute atomic E-state index is 5.72. The van der Waals surface area contributed by atoms with E-state index in [1.165, 1.54) is 32.1 Å². The first-order chi connectivity index (χ1) is 4.81. The Kier molecular flexibility index (Phi) is 1.69. The van der Waals surface area contributed by atoms with Gasteiger partial charge in [0.25, 0.3) is 0 Å². The van der Waals surface area contributed by atoms with Crippen molar-refractivity contribution >= 4 is 12.6 Å². The minimum absolute atomic E-state index is 0.284. The van der Waals surface area contributed by atoms with Crippen LogP contribution in [0.25, 0.3) is 0 Å². The van der Waals surface area contributed by atoms with Crippen LogP contribution in [-0.4, -0.2) is 17.5 Å². The van der Waals surface area contributed by atoms with Crippen molar-refractivity contribution in [1.29, 1.82) is 0 Å². The van der Waals surface area contributed by atoms with Crippen molar-refractivity contribution in [2.75, 3.05) is 6.61 Å². The molecule has 1 unspecified atom stereocenters. The summed E-state index contributed by atoms with van der Waals surface area (Å²) in [7, 11) is 0. The molecule has 0 aromatic rings. The number of hydrogen-bond acceptors (Lipinski definition) is 2. The Morgan fingerprint density at radius 1 is 1.40 bits per heavy atom. The van der Waals surface area contributed by atoms with Gasteiger partial charge in [0, 0.05) is 11.9 Å². The maximum Gasteiger partial charge on any atom is 0.0694 e. The van der Waals surface area contributed by atoms with Crippen LogP contribution in [0, 0.1) is 0 Å². The molecule has 1 spiro atoms. The SMILES string of the molecule is S[C@H]1CCC2(CCCO2)C1. The van der Waals surface area contributed by atoms with E-state index in [9.17, 15) is 0 Å². The third kappa shape index (κ3) is 1.08. The summed E-state index contributed by atoms with van der Waals surface area (Å²) in [4.78, 5) is 0. The lowest BCUT2D eigenvalue weighted by molar-refractivity contribution is 0.0109. The van der Waals surface area contributed by atoms with Crippen LogP contribution >= 0.6 is 12.6 Å². The third-order valence-corrected chi connectivity index (χ3v) is 3.17. The number of thiol groups is 1. The number of hydrogen-bond donors (Lipinski definition) is 1. The predicted octanol–water partition coefficient (Wildman–Crippen LogP) is 2.02. The Hall–Kier alpha value is 0.310. The van der Waals surface area contributed by atoms with Crippen LogP contribution in [0.15, 0.2) is 0 Å². The number of ether oxygens (including phenoxy) is 1. The highest BCUT2D eigenvalue weighted by Crippen LogP contribution is 2.42. The Balaban J connectivity index is 2.03. The van der Waals surface area contributed by atoms with Crippen LogP contribution in [0.5, 0.6) is 0 Å². The average molecular weight is 158 g/mol. The Bertz CT molecular complexity index is 129. The second kappa shape index (κ2) is 2.42. The van der Waals surface area contributed by atoms with E-state index in [4.69, 9.17) is 4.74 Å². The molecule has 2 heteroatoms. The average Bonchev–Trinajstić information content (AvgIpc) is 2.46. The molecule has 1 heterocycles. The highest BCUT2D eigenvalue weighted by Gasteiger charge is 2.41. The molecular formula is C8H14OS. The maximum atomic E-state index is 5.72. The van der Waals surface area contributed by atoms with Gasteiger partial charge in [-0.1, -0.05) is 0 Å². The Morgan fingerprint density at radius 2 is 2.30 bits per heavy atom. The molecule has 1 nitrogen and oxygen atoms in total. The summed E-state index contributed by atoms with van der Waals surface area (Å²) in [6.45, 7) is 0.987. The fourth-order valence-corrected chi connectivity index (χ4v) is 2.64. The van der Waals surface area contributed by atoms with Gasteiger partial charge in [0.1, 0.15) is 0 Å². The fraction of sp³-hybridized carbons (Fsp3) is 1.00. The lowest BCUT2D eigenvalue weighted by atomic mass is 9.99. The summed E-state index contributed by atoms with van der Waals surface area (Å²) < 4.78 is 5.72. The molecule has 0 N–H and O–H groups in total. The largest absolute Gasteiger partial charge is 0.375 e. The van der Waals surface area contributed by atoms with Gasteiger partial charge in [0.15, 0.2) is 0 Å². The topological polar surface area (TPSA) is 9.23 Å². The fourth-order valence-electron chi connectivity index (χ4n) is 2.18. The highest BCUT2D eigenvalue weighted by atomic mass is 32.1. The van der Waals surface area contributed by atoms with E-state index in [0.29, 0.717) is 5.25 Å². The number of rotatable bonds is 0. The molecular weight excluding hydrogens is 144 g/mol. The van der Waals surface area contributed by atoms with Crippen molar-refractivity contribution in [1.82, 2.24) is 0 Å². The van der Waals surface area contributed by atoms with Gasteiger partial charge in [-0.3, -0.25) is 0 Å². The second-order valence-corrected chi connectivity index (χ2v) is 4.26. The molecule has 58 valence electrons. The minimum atomic E-state index is 0.284. The van der Waals surface area contributed by atoms with E-state index < -0.39 is 0 Å². The van der Waals surface area contributed by atoms with Crippen molar-refractivity contribution in [3.63, 3.8) is 0 Å². The van der Waals surface area contributed by atoms with Crippen LogP contribution in [0.2, 0.25) is 0 Å². The molecule has 0 bridgehead atoms. The first kappa shape index (κ1) is 6.99. The first-order valence-corrected chi connectivity index (χ1v) is 4.64. The lowest BCUT2D eigenvalue weighted by Gasteiger charge is -2.21. The van der Waals surface area contributed by atoms with Crippen molar-refractivity contribution in [2.45, 2.75) is 43.0 Å². The monoisotopic (exact) mass is 158 g/mol. The smallest absolute Gasteiger partial charge is 0.0694 e. The predicted molar refractivity (Wildman–Crippen MR) is 44.5 cm³/mol. The summed E-state index contributed by atoms with van der Waals surface area (Å²) >= 11 is 4.46. The second-order valence-electron chi connectivity index (χ2n) is 3.53. The zero-order valence-corrected chi connectivity index (χ0v) is 7.07. The van der Waals surface area contributed by atoms with Gasteiger partial charge in [-0.2, -0.15) is 12.6 Å². The Labute approximate surface area is 67.6 Å². The van der Waals surface area contributed by atoms with Gasteiger partial charge in [0.05, 0.1) is 5.60 Å². The van der Waals surface area contributed by atoms with E-state index in [-0.39, 0.29) is 5.60 Å². The summed E-state index contributed by atoms with van der Waals surface area (Å²) in [5.74, 6) is 0. The van der Waals surface area contributed by atoms with Crippen molar-refractivity contribution in [2.24, 2.45) is 0 Å². The zero-order chi connectivity index (χ0) is 7.03. The van der Waals surface area contributed by atoms with E-state index in [1.807, 2.05) is 0 Å². The normalized spacial score (nSPS) is 47.1. The van der Waals surface area contributed by atoms with Gasteiger partial charge >= 0.3 is 0 Å². The van der Waals surface area contributed by atoms with Crippen LogP contribution in [0.3, 0.4) is 0 Å². The minimum Gasteiger partial charge on any atom is -0.375 e. The molecule has 1 aliphatic carbocycles. The van der Waals surface area contributed by atoms with Crippen molar-refractivity contribution in [3.05, 3.63) is 0 Å². The standard InChI is InChI=1S/C8H14OS/c10-7-2-4-8(6-7)3-1-5-9-8/h7,10H,1-6H2/t7-,8?/m0/s1. The molecule has 0 radical (unpaired) electrons. The Morgan fingerprint density at radius 3 is 2.80 bits per heavy atom. The molecule has 2 rings (SSSR count). The summed E-state index contributed by atoms with van der Waals surface area (Å²) in [5, 5.41) is 0.609. The summed E-state index contributed by atoms with van der Waals surface area (Å²) in [6.07, 6.45) is 6.24. The van der Waals surface area contributed by atoms with E-state index >= 15 is 0 Å². The molecule has 0 amide bonds. The van der Waals surface area contributed by atoms with Gasteiger partial charge in [-0.15, -0.1) is 0 Å². The van der Waals surface area contributed by atoms with Crippen LogP contribution in [0.4, 0.5) is 0 Å². The van der Waals surface area contributed by atoms with E-state index in [2.05, 4.69) is 12.6 Å².